The molecule has 0 unspecified atom stereocenters. The van der Waals surface area contributed by atoms with E-state index >= 15 is 0 Å². The minimum Gasteiger partial charge on any atom is -0.467 e. The average molecular weight is 349 g/mol. The van der Waals surface area contributed by atoms with Gasteiger partial charge >= 0.3 is 0 Å². The number of hydrogen-bond acceptors (Lipinski definition) is 3. The van der Waals surface area contributed by atoms with E-state index in [1.54, 1.807) is 0 Å². The Hall–Kier alpha value is -1.82. The van der Waals surface area contributed by atoms with E-state index in [1.807, 2.05) is 6.92 Å². The highest BCUT2D eigenvalue weighted by Gasteiger charge is 2.17. The zero-order chi connectivity index (χ0) is 17.5. The SMILES string of the molecule is CCNC(=NCc1cc(F)cc2c1OCOC2)NCC1CCCCC1. The molecule has 6 heteroatoms. The second-order valence-corrected chi connectivity index (χ2v) is 6.74. The Bertz CT molecular complexity index is 601. The Balaban J connectivity index is 1.65. The molecule has 1 aromatic rings. The maximum atomic E-state index is 13.8. The zero-order valence-electron chi connectivity index (χ0n) is 14.9. The van der Waals surface area contributed by atoms with Gasteiger partial charge in [0.2, 0.25) is 0 Å². The minimum atomic E-state index is -0.279. The van der Waals surface area contributed by atoms with Crippen molar-refractivity contribution in [3.05, 3.63) is 29.1 Å². The van der Waals surface area contributed by atoms with Crippen LogP contribution in [0.25, 0.3) is 0 Å². The lowest BCUT2D eigenvalue weighted by Gasteiger charge is -2.23. The average Bonchev–Trinajstić information content (AvgIpc) is 2.64. The van der Waals surface area contributed by atoms with Crippen molar-refractivity contribution in [1.82, 2.24) is 10.6 Å². The second kappa shape index (κ2) is 9.04. The fourth-order valence-electron chi connectivity index (χ4n) is 3.51. The second-order valence-electron chi connectivity index (χ2n) is 6.74. The fourth-order valence-corrected chi connectivity index (χ4v) is 3.51. The number of fused-ring (bicyclic) bond motifs is 1. The molecule has 25 heavy (non-hydrogen) atoms. The van der Waals surface area contributed by atoms with Gasteiger partial charge in [-0.1, -0.05) is 19.3 Å². The highest BCUT2D eigenvalue weighted by Crippen LogP contribution is 2.30. The molecule has 0 atom stereocenters. The van der Waals surface area contributed by atoms with Gasteiger partial charge in [0.15, 0.2) is 12.8 Å². The normalized spacial score (nSPS) is 18.4. The largest absolute Gasteiger partial charge is 0.467 e. The van der Waals surface area contributed by atoms with Crippen LogP contribution in [0.1, 0.15) is 50.2 Å². The van der Waals surface area contributed by atoms with Gasteiger partial charge in [-0.15, -0.1) is 0 Å². The molecule has 0 saturated heterocycles. The first kappa shape index (κ1) is 18.0. The van der Waals surface area contributed by atoms with Gasteiger partial charge in [0.05, 0.1) is 13.2 Å². The van der Waals surface area contributed by atoms with Crippen LogP contribution in [0, 0.1) is 11.7 Å². The molecule has 0 aromatic heterocycles. The first-order chi connectivity index (χ1) is 12.3. The Morgan fingerprint density at radius 3 is 2.88 bits per heavy atom. The molecule has 3 rings (SSSR count). The lowest BCUT2D eigenvalue weighted by molar-refractivity contribution is -0.0172. The molecule has 1 fully saturated rings. The maximum absolute atomic E-state index is 13.8. The number of hydrogen-bond donors (Lipinski definition) is 2. The molecule has 1 aliphatic heterocycles. The van der Waals surface area contributed by atoms with Gasteiger partial charge in [-0.2, -0.15) is 0 Å². The Morgan fingerprint density at radius 2 is 2.08 bits per heavy atom. The van der Waals surface area contributed by atoms with E-state index in [0.29, 0.717) is 18.9 Å². The third-order valence-corrected chi connectivity index (χ3v) is 4.79. The molecule has 1 saturated carbocycles. The Morgan fingerprint density at radius 1 is 1.24 bits per heavy atom. The van der Waals surface area contributed by atoms with E-state index in [1.165, 1.54) is 44.2 Å². The van der Waals surface area contributed by atoms with Gasteiger partial charge in [0.25, 0.3) is 0 Å². The highest BCUT2D eigenvalue weighted by atomic mass is 19.1. The van der Waals surface area contributed by atoms with Crippen molar-refractivity contribution < 1.29 is 13.9 Å². The highest BCUT2D eigenvalue weighted by molar-refractivity contribution is 5.79. The first-order valence-corrected chi connectivity index (χ1v) is 9.30. The third kappa shape index (κ3) is 5.08. The molecule has 0 spiro atoms. The maximum Gasteiger partial charge on any atom is 0.191 e. The number of nitrogens with one attached hydrogen (secondary N) is 2. The molecule has 2 N–H and O–H groups in total. The van der Waals surface area contributed by atoms with E-state index in [2.05, 4.69) is 15.6 Å². The van der Waals surface area contributed by atoms with Crippen LogP contribution in [0.5, 0.6) is 5.75 Å². The topological polar surface area (TPSA) is 54.9 Å². The number of rotatable bonds is 5. The van der Waals surface area contributed by atoms with Crippen molar-refractivity contribution in [3.8, 4) is 5.75 Å². The van der Waals surface area contributed by atoms with Crippen molar-refractivity contribution in [3.63, 3.8) is 0 Å². The van der Waals surface area contributed by atoms with Crippen LogP contribution in [-0.2, 0) is 17.9 Å². The van der Waals surface area contributed by atoms with Crippen molar-refractivity contribution in [2.75, 3.05) is 19.9 Å². The summed E-state index contributed by atoms with van der Waals surface area (Å²) in [6.07, 6.45) is 6.60. The summed E-state index contributed by atoms with van der Waals surface area (Å²) in [6, 6.07) is 2.96. The van der Waals surface area contributed by atoms with Crippen molar-refractivity contribution >= 4 is 5.96 Å². The number of halogens is 1. The molecule has 2 aliphatic rings. The summed E-state index contributed by atoms with van der Waals surface area (Å²) in [5, 5.41) is 6.70. The summed E-state index contributed by atoms with van der Waals surface area (Å²) >= 11 is 0. The molecule has 0 radical (unpaired) electrons. The number of nitrogens with zero attached hydrogens (tertiary/aromatic N) is 1. The lowest BCUT2D eigenvalue weighted by Crippen LogP contribution is -2.40. The molecular formula is C19H28FN3O2. The van der Waals surface area contributed by atoms with E-state index in [0.717, 1.165) is 36.1 Å². The van der Waals surface area contributed by atoms with Gasteiger partial charge in [0.1, 0.15) is 11.6 Å². The van der Waals surface area contributed by atoms with E-state index in [4.69, 9.17) is 9.47 Å². The van der Waals surface area contributed by atoms with Crippen molar-refractivity contribution in [2.45, 2.75) is 52.2 Å². The third-order valence-electron chi connectivity index (χ3n) is 4.79. The molecule has 1 aliphatic carbocycles. The minimum absolute atomic E-state index is 0.204. The predicted molar refractivity (Wildman–Crippen MR) is 96.1 cm³/mol. The van der Waals surface area contributed by atoms with E-state index in [9.17, 15) is 4.39 Å². The van der Waals surface area contributed by atoms with Gasteiger partial charge in [0, 0.05) is 24.2 Å². The quantitative estimate of drug-likeness (QED) is 0.632. The molecule has 5 nitrogen and oxygen atoms in total. The van der Waals surface area contributed by atoms with E-state index < -0.39 is 0 Å². The number of guanidine groups is 1. The summed E-state index contributed by atoms with van der Waals surface area (Å²) in [6.45, 7) is 4.74. The van der Waals surface area contributed by atoms with Crippen LogP contribution in [0.3, 0.4) is 0 Å². The summed E-state index contributed by atoms with van der Waals surface area (Å²) in [4.78, 5) is 4.62. The Kier molecular flexibility index (Phi) is 6.50. The van der Waals surface area contributed by atoms with Gasteiger partial charge in [-0.25, -0.2) is 9.38 Å². The van der Waals surface area contributed by atoms with Gasteiger partial charge < -0.3 is 20.1 Å². The first-order valence-electron chi connectivity index (χ1n) is 9.30. The Labute approximate surface area is 149 Å². The zero-order valence-corrected chi connectivity index (χ0v) is 14.9. The number of aliphatic imine (C=N–C) groups is 1. The molecule has 138 valence electrons. The number of benzene rings is 1. The van der Waals surface area contributed by atoms with Crippen LogP contribution in [0.4, 0.5) is 4.39 Å². The summed E-state index contributed by atoms with van der Waals surface area (Å²) in [5.74, 6) is 1.93. The summed E-state index contributed by atoms with van der Waals surface area (Å²) < 4.78 is 24.6. The van der Waals surface area contributed by atoms with Crippen molar-refractivity contribution in [2.24, 2.45) is 10.9 Å². The van der Waals surface area contributed by atoms with E-state index in [-0.39, 0.29) is 12.6 Å². The van der Waals surface area contributed by atoms with Crippen molar-refractivity contribution in [1.29, 1.82) is 0 Å². The van der Waals surface area contributed by atoms with Crippen LogP contribution < -0.4 is 15.4 Å². The molecule has 1 heterocycles. The monoisotopic (exact) mass is 349 g/mol. The molecule has 0 amide bonds. The summed E-state index contributed by atoms with van der Waals surface area (Å²) in [7, 11) is 0. The van der Waals surface area contributed by atoms with Crippen LogP contribution in [-0.4, -0.2) is 25.8 Å². The predicted octanol–water partition coefficient (Wildman–Crippen LogP) is 3.33. The van der Waals surface area contributed by atoms with Gasteiger partial charge in [-0.05, 0) is 37.8 Å². The molecule has 0 bridgehead atoms. The fraction of sp³-hybridized carbons (Fsp3) is 0.632. The van der Waals surface area contributed by atoms with Crippen LogP contribution in [0.15, 0.2) is 17.1 Å². The lowest BCUT2D eigenvalue weighted by atomic mass is 9.89. The van der Waals surface area contributed by atoms with Crippen LogP contribution >= 0.6 is 0 Å². The number of ether oxygens (including phenoxy) is 2. The summed E-state index contributed by atoms with van der Waals surface area (Å²) in [5.41, 5.74) is 1.50. The molecule has 1 aromatic carbocycles. The molecular weight excluding hydrogens is 321 g/mol. The van der Waals surface area contributed by atoms with Crippen LogP contribution in [0.2, 0.25) is 0 Å². The standard InChI is InChI=1S/C19H28FN3O2/c1-2-21-19(22-10-14-6-4-3-5-7-14)23-11-15-8-17(20)9-16-12-24-13-25-18(15)16/h8-9,14H,2-7,10-13H2,1H3,(H2,21,22,23). The van der Waals surface area contributed by atoms with Gasteiger partial charge in [-0.3, -0.25) is 0 Å². The smallest absolute Gasteiger partial charge is 0.191 e.